The van der Waals surface area contributed by atoms with Crippen LogP contribution in [0.15, 0.2) is 76.0 Å². The zero-order valence-corrected chi connectivity index (χ0v) is 19.1. The molecule has 2 aromatic carbocycles. The number of carbonyl (C=O) groups excluding carboxylic acids is 1. The second kappa shape index (κ2) is 8.36. The van der Waals surface area contributed by atoms with Gasteiger partial charge in [0.2, 0.25) is 0 Å². The van der Waals surface area contributed by atoms with Gasteiger partial charge in [-0.3, -0.25) is 4.79 Å². The van der Waals surface area contributed by atoms with Crippen molar-refractivity contribution in [3.05, 3.63) is 87.7 Å². The first-order valence-corrected chi connectivity index (χ1v) is 12.2. The van der Waals surface area contributed by atoms with Crippen LogP contribution in [-0.4, -0.2) is 27.4 Å². The van der Waals surface area contributed by atoms with E-state index in [0.717, 1.165) is 44.1 Å². The van der Waals surface area contributed by atoms with Crippen molar-refractivity contribution in [2.24, 2.45) is 5.10 Å². The quantitative estimate of drug-likeness (QED) is 0.366. The van der Waals surface area contributed by atoms with Crippen molar-refractivity contribution in [1.82, 2.24) is 9.99 Å². The molecule has 0 radical (unpaired) electrons. The number of benzene rings is 2. The number of thiophene rings is 1. The maximum Gasteiger partial charge on any atom is 0.253 e. The Bertz CT molecular complexity index is 1260. The summed E-state index contributed by atoms with van der Waals surface area (Å²) < 4.78 is 0. The highest BCUT2D eigenvalue weighted by Gasteiger charge is 2.33. The lowest BCUT2D eigenvalue weighted by atomic mass is 10.00. The second-order valence-electron chi connectivity index (χ2n) is 7.81. The highest BCUT2D eigenvalue weighted by molar-refractivity contribution is 8.00. The van der Waals surface area contributed by atoms with Gasteiger partial charge in [0.1, 0.15) is 0 Å². The number of para-hydroxylation sites is 1. The number of hydrazone groups is 1. The minimum atomic E-state index is -0.0603. The molecule has 1 aliphatic heterocycles. The molecule has 31 heavy (non-hydrogen) atoms. The number of thioether (sulfide) groups is 1. The first-order valence-electron chi connectivity index (χ1n) is 10.3. The summed E-state index contributed by atoms with van der Waals surface area (Å²) in [5, 5.41) is 9.71. The molecule has 0 spiro atoms. The topological polar surface area (TPSA) is 48.5 Å². The summed E-state index contributed by atoms with van der Waals surface area (Å²) in [6.45, 7) is 4.14. The van der Waals surface area contributed by atoms with Crippen LogP contribution in [-0.2, 0) is 4.79 Å². The van der Waals surface area contributed by atoms with Gasteiger partial charge in [0.15, 0.2) is 0 Å². The van der Waals surface area contributed by atoms with Crippen molar-refractivity contribution in [2.75, 3.05) is 5.75 Å². The van der Waals surface area contributed by atoms with E-state index in [4.69, 9.17) is 5.10 Å². The third-order valence-electron chi connectivity index (χ3n) is 5.61. The molecule has 1 atom stereocenters. The van der Waals surface area contributed by atoms with E-state index in [1.807, 2.05) is 18.2 Å². The summed E-state index contributed by atoms with van der Waals surface area (Å²) in [4.78, 5) is 19.0. The zero-order valence-electron chi connectivity index (χ0n) is 17.5. The average molecular weight is 446 g/mol. The molecule has 1 amide bonds. The third-order valence-corrected chi connectivity index (χ3v) is 7.73. The molecule has 6 heteroatoms. The predicted octanol–water partition coefficient (Wildman–Crippen LogP) is 6.32. The number of nitrogens with zero attached hydrogens (tertiary/aromatic N) is 2. The standard InChI is InChI=1S/C25H23N3OS2/c1-16-9-11-18(12-10-16)22-14-21(23-8-5-13-30-23)27-28(22)24(29)15-31-25-17(2)26-20-7-4-3-6-19(20)25/h3-13,22,26H,14-15H2,1-2H3. The van der Waals surface area contributed by atoms with Crippen LogP contribution in [0.1, 0.15) is 34.2 Å². The van der Waals surface area contributed by atoms with Gasteiger partial charge >= 0.3 is 0 Å². The van der Waals surface area contributed by atoms with Gasteiger partial charge in [0.05, 0.1) is 22.4 Å². The van der Waals surface area contributed by atoms with Gasteiger partial charge in [-0.15, -0.1) is 23.1 Å². The van der Waals surface area contributed by atoms with Gasteiger partial charge in [0, 0.05) is 27.9 Å². The Hall–Kier alpha value is -2.83. The number of carbonyl (C=O) groups is 1. The highest BCUT2D eigenvalue weighted by Crippen LogP contribution is 2.36. The van der Waals surface area contributed by atoms with E-state index in [2.05, 4.69) is 66.7 Å². The van der Waals surface area contributed by atoms with Gasteiger partial charge in [-0.1, -0.05) is 54.1 Å². The fraction of sp³-hybridized carbons (Fsp3) is 0.200. The van der Waals surface area contributed by atoms with Gasteiger partial charge in [0.25, 0.3) is 5.91 Å². The molecule has 4 nitrogen and oxygen atoms in total. The normalized spacial score (nSPS) is 16.1. The maximum absolute atomic E-state index is 13.3. The summed E-state index contributed by atoms with van der Waals surface area (Å²) in [6.07, 6.45) is 0.742. The fourth-order valence-corrected chi connectivity index (χ4v) is 5.74. The lowest BCUT2D eigenvalue weighted by Gasteiger charge is -2.22. The van der Waals surface area contributed by atoms with Gasteiger partial charge in [-0.25, -0.2) is 5.01 Å². The molecular weight excluding hydrogens is 422 g/mol. The van der Waals surface area contributed by atoms with Crippen LogP contribution >= 0.6 is 23.1 Å². The third kappa shape index (κ3) is 3.93. The van der Waals surface area contributed by atoms with Gasteiger partial charge in [-0.2, -0.15) is 5.10 Å². The number of aryl methyl sites for hydroxylation is 2. The molecule has 1 N–H and O–H groups in total. The van der Waals surface area contributed by atoms with Crippen molar-refractivity contribution in [3.63, 3.8) is 0 Å². The molecular formula is C25H23N3OS2. The number of H-pyrrole nitrogens is 1. The minimum Gasteiger partial charge on any atom is -0.358 e. The van der Waals surface area contributed by atoms with Gasteiger partial charge in [-0.05, 0) is 36.9 Å². The average Bonchev–Trinajstić information content (AvgIpc) is 3.51. The molecule has 0 bridgehead atoms. The number of aromatic amines is 1. The molecule has 5 rings (SSSR count). The first-order chi connectivity index (χ1) is 15.1. The Morgan fingerprint density at radius 3 is 2.71 bits per heavy atom. The smallest absolute Gasteiger partial charge is 0.253 e. The van der Waals surface area contributed by atoms with E-state index >= 15 is 0 Å². The molecule has 0 aliphatic carbocycles. The van der Waals surface area contributed by atoms with Crippen LogP contribution in [0.4, 0.5) is 0 Å². The molecule has 1 unspecified atom stereocenters. The SMILES string of the molecule is Cc1ccc(C2CC(c3cccs3)=NN2C(=O)CSc2c(C)[nH]c3ccccc23)cc1. The summed E-state index contributed by atoms with van der Waals surface area (Å²) >= 11 is 3.26. The lowest BCUT2D eigenvalue weighted by molar-refractivity contribution is -0.130. The number of nitrogens with one attached hydrogen (secondary N) is 1. The van der Waals surface area contributed by atoms with Crippen LogP contribution in [0.25, 0.3) is 10.9 Å². The van der Waals surface area contributed by atoms with Crippen molar-refractivity contribution in [1.29, 1.82) is 0 Å². The summed E-state index contributed by atoms with van der Waals surface area (Å²) in [6, 6.07) is 20.7. The van der Waals surface area contributed by atoms with E-state index in [1.165, 1.54) is 5.56 Å². The Morgan fingerprint density at radius 1 is 1.13 bits per heavy atom. The minimum absolute atomic E-state index is 0.0341. The summed E-state index contributed by atoms with van der Waals surface area (Å²) in [7, 11) is 0. The van der Waals surface area contributed by atoms with E-state index in [-0.39, 0.29) is 11.9 Å². The van der Waals surface area contributed by atoms with Crippen molar-refractivity contribution in [2.45, 2.75) is 31.2 Å². The number of rotatable bonds is 5. The van der Waals surface area contributed by atoms with E-state index in [0.29, 0.717) is 5.75 Å². The maximum atomic E-state index is 13.3. The van der Waals surface area contributed by atoms with E-state index in [1.54, 1.807) is 28.1 Å². The number of hydrogen-bond acceptors (Lipinski definition) is 4. The van der Waals surface area contributed by atoms with Crippen molar-refractivity contribution in [3.8, 4) is 0 Å². The van der Waals surface area contributed by atoms with E-state index in [9.17, 15) is 4.79 Å². The lowest BCUT2D eigenvalue weighted by Crippen LogP contribution is -2.28. The van der Waals surface area contributed by atoms with Crippen LogP contribution in [0.5, 0.6) is 0 Å². The van der Waals surface area contributed by atoms with Gasteiger partial charge < -0.3 is 4.98 Å². The number of amides is 1. The Labute approximate surface area is 190 Å². The number of aromatic nitrogens is 1. The first kappa shape index (κ1) is 20.1. The largest absolute Gasteiger partial charge is 0.358 e. The number of fused-ring (bicyclic) bond motifs is 1. The Balaban J connectivity index is 1.41. The Kier molecular flexibility index (Phi) is 5.42. The molecule has 0 saturated carbocycles. The molecule has 1 aliphatic rings. The van der Waals surface area contributed by atoms with Crippen LogP contribution in [0, 0.1) is 13.8 Å². The van der Waals surface area contributed by atoms with Crippen LogP contribution in [0.2, 0.25) is 0 Å². The monoisotopic (exact) mass is 445 g/mol. The molecule has 4 aromatic rings. The summed E-state index contributed by atoms with van der Waals surface area (Å²) in [5.41, 5.74) is 5.53. The van der Waals surface area contributed by atoms with Crippen molar-refractivity contribution >= 4 is 45.6 Å². The van der Waals surface area contributed by atoms with Crippen LogP contribution in [0.3, 0.4) is 0 Å². The Morgan fingerprint density at radius 2 is 1.94 bits per heavy atom. The zero-order chi connectivity index (χ0) is 21.4. The second-order valence-corrected chi connectivity index (χ2v) is 9.74. The molecule has 0 saturated heterocycles. The van der Waals surface area contributed by atoms with E-state index < -0.39 is 0 Å². The van der Waals surface area contributed by atoms with Crippen LogP contribution < -0.4 is 0 Å². The molecule has 3 heterocycles. The highest BCUT2D eigenvalue weighted by atomic mass is 32.2. The predicted molar refractivity (Wildman–Crippen MR) is 130 cm³/mol. The molecule has 2 aromatic heterocycles. The fourth-order valence-electron chi connectivity index (χ4n) is 4.02. The van der Waals surface area contributed by atoms with Crippen molar-refractivity contribution < 1.29 is 4.79 Å². The molecule has 0 fully saturated rings. The molecule has 156 valence electrons. The summed E-state index contributed by atoms with van der Waals surface area (Å²) in [5.74, 6) is 0.388. The number of hydrogen-bond donors (Lipinski definition) is 1.